The van der Waals surface area contributed by atoms with Gasteiger partial charge in [-0.15, -0.1) is 32.9 Å². The average Bonchev–Trinajstić information content (AvgIpc) is 3.42. The molecule has 0 spiro atoms. The van der Waals surface area contributed by atoms with E-state index in [1.807, 2.05) is 16.7 Å². The van der Waals surface area contributed by atoms with Gasteiger partial charge in [0.1, 0.15) is 10.7 Å². The quantitative estimate of drug-likeness (QED) is 0.420. The third-order valence-electron chi connectivity index (χ3n) is 5.45. The smallest absolute Gasteiger partial charge is 0.236 e. The van der Waals surface area contributed by atoms with Crippen LogP contribution >= 0.6 is 34.4 Å². The van der Waals surface area contributed by atoms with Crippen molar-refractivity contribution in [2.45, 2.75) is 63.9 Å². The molecule has 162 valence electrons. The molecule has 1 aliphatic carbocycles. The maximum absolute atomic E-state index is 12.5. The Balaban J connectivity index is 1.37. The summed E-state index contributed by atoms with van der Waals surface area (Å²) in [6, 6.07) is 0. The fraction of sp³-hybridized carbons (Fsp3) is 0.476. The summed E-state index contributed by atoms with van der Waals surface area (Å²) >= 11 is 4.62. The van der Waals surface area contributed by atoms with Gasteiger partial charge in [-0.25, -0.2) is 9.97 Å². The molecule has 5 rings (SSSR count). The molecule has 4 aromatic heterocycles. The molecule has 31 heavy (non-hydrogen) atoms. The van der Waals surface area contributed by atoms with Crippen LogP contribution in [-0.4, -0.2) is 36.2 Å². The summed E-state index contributed by atoms with van der Waals surface area (Å²) in [7, 11) is 0. The van der Waals surface area contributed by atoms with Gasteiger partial charge >= 0.3 is 0 Å². The van der Waals surface area contributed by atoms with Crippen molar-refractivity contribution in [2.24, 2.45) is 0 Å². The minimum absolute atomic E-state index is 0.0363. The maximum atomic E-state index is 12.5. The van der Waals surface area contributed by atoms with Gasteiger partial charge in [0.05, 0.1) is 16.8 Å². The van der Waals surface area contributed by atoms with Crippen molar-refractivity contribution in [3.05, 3.63) is 27.3 Å². The summed E-state index contributed by atoms with van der Waals surface area (Å²) in [6.07, 6.45) is 4.67. The fourth-order valence-electron chi connectivity index (χ4n) is 3.84. The lowest BCUT2D eigenvalue weighted by molar-refractivity contribution is -0.113. The van der Waals surface area contributed by atoms with E-state index in [9.17, 15) is 4.79 Å². The van der Waals surface area contributed by atoms with Crippen LogP contribution in [0.1, 0.15) is 55.6 Å². The molecule has 0 atom stereocenters. The van der Waals surface area contributed by atoms with Gasteiger partial charge in [-0.2, -0.15) is 0 Å². The molecule has 0 radical (unpaired) electrons. The number of amides is 1. The van der Waals surface area contributed by atoms with E-state index in [2.05, 4.69) is 41.3 Å². The molecular formula is C21H24N6OS3. The number of hydrogen-bond donors (Lipinski definition) is 1. The van der Waals surface area contributed by atoms with Crippen LogP contribution in [0.15, 0.2) is 10.5 Å². The number of carbonyl (C=O) groups is 1. The largest absolute Gasteiger partial charge is 0.301 e. The lowest BCUT2D eigenvalue weighted by Crippen LogP contribution is -2.16. The molecule has 0 aromatic carbocycles. The zero-order chi connectivity index (χ0) is 21.8. The van der Waals surface area contributed by atoms with Crippen molar-refractivity contribution in [1.29, 1.82) is 0 Å². The van der Waals surface area contributed by atoms with Gasteiger partial charge in [-0.05, 0) is 38.2 Å². The van der Waals surface area contributed by atoms with E-state index in [0.29, 0.717) is 10.3 Å². The first-order valence-corrected chi connectivity index (χ1v) is 13.0. The number of nitrogens with one attached hydrogen (secondary N) is 1. The molecule has 7 nitrogen and oxygen atoms in total. The Bertz CT molecular complexity index is 1300. The lowest BCUT2D eigenvalue weighted by atomic mass is 9.93. The Morgan fingerprint density at radius 1 is 1.23 bits per heavy atom. The summed E-state index contributed by atoms with van der Waals surface area (Å²) in [5.41, 5.74) is 3.20. The number of hydrogen-bond acceptors (Lipinski definition) is 8. The second-order valence-corrected chi connectivity index (χ2v) is 11.7. The molecule has 1 aliphatic rings. The first-order chi connectivity index (χ1) is 14.8. The Kier molecular flexibility index (Phi) is 5.26. The van der Waals surface area contributed by atoms with Crippen LogP contribution < -0.4 is 5.32 Å². The standard InChI is InChI=1S/C21H24N6OS3/c1-11-22-18-16(12-7-5-6-8-13(12)31-18)17-25-26-20(27(11)17)30-10-15(28)24-19-23-14(9-29-19)21(2,3)4/h9H,5-8,10H2,1-4H3,(H,23,24,28). The summed E-state index contributed by atoms with van der Waals surface area (Å²) < 4.78 is 1.99. The topological polar surface area (TPSA) is 85.1 Å². The molecule has 0 unspecified atom stereocenters. The molecular weight excluding hydrogens is 448 g/mol. The van der Waals surface area contributed by atoms with Crippen molar-refractivity contribution in [3.8, 4) is 0 Å². The predicted octanol–water partition coefficient (Wildman–Crippen LogP) is 5.01. The third-order valence-corrected chi connectivity index (χ3v) is 8.32. The molecule has 0 bridgehead atoms. The van der Waals surface area contributed by atoms with Crippen molar-refractivity contribution in [1.82, 2.24) is 24.6 Å². The van der Waals surface area contributed by atoms with Crippen LogP contribution in [0.4, 0.5) is 5.13 Å². The molecule has 1 amide bonds. The van der Waals surface area contributed by atoms with Crippen molar-refractivity contribution >= 4 is 61.3 Å². The van der Waals surface area contributed by atoms with E-state index in [1.165, 1.54) is 46.4 Å². The van der Waals surface area contributed by atoms with Crippen LogP contribution in [0, 0.1) is 6.92 Å². The lowest BCUT2D eigenvalue weighted by Gasteiger charge is -2.14. The monoisotopic (exact) mass is 472 g/mol. The second kappa shape index (κ2) is 7.83. The number of thiazole rings is 1. The van der Waals surface area contributed by atoms with Crippen LogP contribution in [0.3, 0.4) is 0 Å². The van der Waals surface area contributed by atoms with Crippen molar-refractivity contribution in [3.63, 3.8) is 0 Å². The van der Waals surface area contributed by atoms with Gasteiger partial charge in [-0.1, -0.05) is 32.5 Å². The van der Waals surface area contributed by atoms with Crippen molar-refractivity contribution < 1.29 is 4.79 Å². The minimum Gasteiger partial charge on any atom is -0.301 e. The molecule has 10 heteroatoms. The summed E-state index contributed by atoms with van der Waals surface area (Å²) in [5.74, 6) is 0.990. The normalized spacial score (nSPS) is 14.3. The van der Waals surface area contributed by atoms with Gasteiger partial charge < -0.3 is 5.32 Å². The number of anilines is 1. The van der Waals surface area contributed by atoms with Crippen LogP contribution in [0.5, 0.6) is 0 Å². The molecule has 0 saturated carbocycles. The molecule has 0 fully saturated rings. The summed E-state index contributed by atoms with van der Waals surface area (Å²) in [5, 5.41) is 16.3. The van der Waals surface area contributed by atoms with E-state index < -0.39 is 0 Å². The van der Waals surface area contributed by atoms with Gasteiger partial charge in [-0.3, -0.25) is 9.20 Å². The third kappa shape index (κ3) is 3.85. The Morgan fingerprint density at radius 3 is 2.81 bits per heavy atom. The highest BCUT2D eigenvalue weighted by Gasteiger charge is 2.23. The van der Waals surface area contributed by atoms with Crippen LogP contribution in [-0.2, 0) is 23.1 Å². The SMILES string of the molecule is Cc1nc2sc3c(c2c2nnc(SCC(=O)Nc4nc(C(C)(C)C)cs4)n12)CCCC3. The van der Waals surface area contributed by atoms with E-state index in [-0.39, 0.29) is 17.1 Å². The Morgan fingerprint density at radius 2 is 2.03 bits per heavy atom. The van der Waals surface area contributed by atoms with Crippen LogP contribution in [0.25, 0.3) is 15.9 Å². The number of aryl methyl sites for hydroxylation is 3. The van der Waals surface area contributed by atoms with Crippen molar-refractivity contribution in [2.75, 3.05) is 11.1 Å². The molecule has 0 saturated heterocycles. The van der Waals surface area contributed by atoms with Gasteiger partial charge in [0, 0.05) is 15.7 Å². The average molecular weight is 473 g/mol. The van der Waals surface area contributed by atoms with Gasteiger partial charge in [0.25, 0.3) is 0 Å². The highest BCUT2D eigenvalue weighted by molar-refractivity contribution is 7.99. The number of carbonyl (C=O) groups excluding carboxylic acids is 1. The number of rotatable bonds is 4. The molecule has 4 aromatic rings. The van der Waals surface area contributed by atoms with E-state index >= 15 is 0 Å². The van der Waals surface area contributed by atoms with Gasteiger partial charge in [0.2, 0.25) is 5.91 Å². The molecule has 0 aliphatic heterocycles. The zero-order valence-electron chi connectivity index (χ0n) is 18.0. The van der Waals surface area contributed by atoms with Gasteiger partial charge in [0.15, 0.2) is 15.9 Å². The fourth-order valence-corrected chi connectivity index (χ4v) is 6.87. The zero-order valence-corrected chi connectivity index (χ0v) is 20.4. The minimum atomic E-state index is -0.101. The molecule has 4 heterocycles. The first-order valence-electron chi connectivity index (χ1n) is 10.4. The predicted molar refractivity (Wildman–Crippen MR) is 128 cm³/mol. The highest BCUT2D eigenvalue weighted by atomic mass is 32.2. The van der Waals surface area contributed by atoms with Crippen LogP contribution in [0.2, 0.25) is 0 Å². The second-order valence-electron chi connectivity index (χ2n) is 8.82. The number of fused-ring (bicyclic) bond motifs is 5. The number of thioether (sulfide) groups is 1. The Hall–Kier alpha value is -2.04. The molecule has 1 N–H and O–H groups in total. The highest BCUT2D eigenvalue weighted by Crippen LogP contribution is 2.38. The summed E-state index contributed by atoms with van der Waals surface area (Å²) in [6.45, 7) is 8.30. The Labute approximate surface area is 192 Å². The number of thiophene rings is 1. The van der Waals surface area contributed by atoms with E-state index in [4.69, 9.17) is 4.98 Å². The summed E-state index contributed by atoms with van der Waals surface area (Å²) in [4.78, 5) is 24.4. The maximum Gasteiger partial charge on any atom is 0.236 e. The van der Waals surface area contributed by atoms with E-state index in [1.54, 1.807) is 11.3 Å². The van der Waals surface area contributed by atoms with E-state index in [0.717, 1.165) is 40.2 Å². The first kappa shape index (κ1) is 20.8. The number of aromatic nitrogens is 5. The number of nitrogens with zero attached hydrogens (tertiary/aromatic N) is 5.